The average molecular weight is 429 g/mol. The molecule has 0 spiro atoms. The summed E-state index contributed by atoms with van der Waals surface area (Å²) in [5.74, 6) is -0.154. The number of hydrogen-bond acceptors (Lipinski definition) is 3. The van der Waals surface area contributed by atoms with Crippen molar-refractivity contribution in [3.05, 3.63) is 63.2 Å². The van der Waals surface area contributed by atoms with E-state index in [1.807, 2.05) is 25.1 Å². The van der Waals surface area contributed by atoms with Gasteiger partial charge >= 0.3 is 0 Å². The van der Waals surface area contributed by atoms with Gasteiger partial charge in [-0.15, -0.1) is 0 Å². The molecule has 0 aliphatic heterocycles. The van der Waals surface area contributed by atoms with Crippen molar-refractivity contribution in [2.24, 2.45) is 0 Å². The summed E-state index contributed by atoms with van der Waals surface area (Å²) in [5, 5.41) is 2.91. The fraction of sp³-hybridized carbons (Fsp3) is 0.188. The highest BCUT2D eigenvalue weighted by molar-refractivity contribution is 14.1. The van der Waals surface area contributed by atoms with Crippen LogP contribution in [0.2, 0.25) is 0 Å². The molecule has 1 amide bonds. The van der Waals surface area contributed by atoms with E-state index in [0.29, 0.717) is 5.56 Å². The van der Waals surface area contributed by atoms with Gasteiger partial charge in [-0.1, -0.05) is 18.2 Å². The van der Waals surface area contributed by atoms with Gasteiger partial charge in [0.05, 0.1) is 10.9 Å². The van der Waals surface area contributed by atoms with Crippen LogP contribution in [0, 0.1) is 3.57 Å². The molecule has 1 unspecified atom stereocenters. The van der Waals surface area contributed by atoms with Gasteiger partial charge in [-0.2, -0.15) is 0 Å². The van der Waals surface area contributed by atoms with Gasteiger partial charge in [0.25, 0.3) is 5.91 Å². The summed E-state index contributed by atoms with van der Waals surface area (Å²) in [5.41, 5.74) is 1.46. The van der Waals surface area contributed by atoms with Crippen molar-refractivity contribution in [1.29, 1.82) is 0 Å². The van der Waals surface area contributed by atoms with Crippen LogP contribution in [0.3, 0.4) is 0 Å². The maximum absolute atomic E-state index is 12.2. The molecule has 6 heteroatoms. The van der Waals surface area contributed by atoms with Crippen molar-refractivity contribution in [1.82, 2.24) is 5.32 Å². The lowest BCUT2D eigenvalue weighted by Crippen LogP contribution is -2.26. The normalized spacial score (nSPS) is 12.7. The predicted octanol–water partition coefficient (Wildman–Crippen LogP) is 3.19. The summed E-state index contributed by atoms with van der Waals surface area (Å²) < 4.78 is 23.9. The second-order valence-electron chi connectivity index (χ2n) is 5.05. The second kappa shape index (κ2) is 6.78. The van der Waals surface area contributed by atoms with E-state index in [1.54, 1.807) is 30.3 Å². The van der Waals surface area contributed by atoms with Gasteiger partial charge < -0.3 is 5.32 Å². The first-order valence-electron chi connectivity index (χ1n) is 6.64. The molecule has 0 saturated carbocycles. The largest absolute Gasteiger partial charge is 0.346 e. The Morgan fingerprint density at radius 3 is 2.32 bits per heavy atom. The smallest absolute Gasteiger partial charge is 0.251 e. The molecule has 0 aliphatic rings. The van der Waals surface area contributed by atoms with E-state index >= 15 is 0 Å². The van der Waals surface area contributed by atoms with Crippen LogP contribution in [0.1, 0.15) is 28.9 Å². The molecule has 0 radical (unpaired) electrons. The molecule has 1 atom stereocenters. The van der Waals surface area contributed by atoms with Crippen LogP contribution in [-0.2, 0) is 9.84 Å². The maximum Gasteiger partial charge on any atom is 0.251 e. The number of rotatable bonds is 4. The minimum absolute atomic E-state index is 0.154. The second-order valence-corrected chi connectivity index (χ2v) is 8.31. The van der Waals surface area contributed by atoms with Crippen LogP contribution in [0.25, 0.3) is 0 Å². The standard InChI is InChI=1S/C16H16INO3S/c1-11(12-6-8-15(9-7-12)22(2,20)21)18-16(19)13-4-3-5-14(17)10-13/h3-11H,1-2H3,(H,18,19). The van der Waals surface area contributed by atoms with Crippen molar-refractivity contribution < 1.29 is 13.2 Å². The Balaban J connectivity index is 2.12. The zero-order valence-corrected chi connectivity index (χ0v) is 15.2. The molecule has 0 saturated heterocycles. The quantitative estimate of drug-likeness (QED) is 0.760. The van der Waals surface area contributed by atoms with Crippen molar-refractivity contribution in [3.8, 4) is 0 Å². The summed E-state index contributed by atoms with van der Waals surface area (Å²) in [6.07, 6.45) is 1.17. The Morgan fingerprint density at radius 1 is 1.14 bits per heavy atom. The van der Waals surface area contributed by atoms with Gasteiger partial charge in [0.15, 0.2) is 9.84 Å². The lowest BCUT2D eigenvalue weighted by atomic mass is 10.1. The van der Waals surface area contributed by atoms with Crippen LogP contribution in [0.5, 0.6) is 0 Å². The number of benzene rings is 2. The number of sulfone groups is 1. The first-order valence-corrected chi connectivity index (χ1v) is 9.61. The van der Waals surface area contributed by atoms with Gasteiger partial charge in [-0.25, -0.2) is 8.42 Å². The van der Waals surface area contributed by atoms with Gasteiger partial charge in [-0.3, -0.25) is 4.79 Å². The highest BCUT2D eigenvalue weighted by Crippen LogP contribution is 2.17. The van der Waals surface area contributed by atoms with Crippen molar-refractivity contribution in [3.63, 3.8) is 0 Å². The predicted molar refractivity (Wildman–Crippen MR) is 94.6 cm³/mol. The molecule has 0 aromatic heterocycles. The van der Waals surface area contributed by atoms with Crippen LogP contribution in [-0.4, -0.2) is 20.6 Å². The number of carbonyl (C=O) groups excluding carboxylic acids is 1. The molecule has 116 valence electrons. The van der Waals surface area contributed by atoms with E-state index in [0.717, 1.165) is 9.13 Å². The number of hydrogen-bond donors (Lipinski definition) is 1. The minimum Gasteiger partial charge on any atom is -0.346 e. The Hall–Kier alpha value is -1.41. The van der Waals surface area contributed by atoms with Crippen LogP contribution < -0.4 is 5.32 Å². The zero-order valence-electron chi connectivity index (χ0n) is 12.2. The van der Waals surface area contributed by atoms with E-state index in [1.165, 1.54) is 6.26 Å². The average Bonchev–Trinajstić information content (AvgIpc) is 2.46. The summed E-state index contributed by atoms with van der Waals surface area (Å²) >= 11 is 2.16. The van der Waals surface area contributed by atoms with E-state index < -0.39 is 9.84 Å². The van der Waals surface area contributed by atoms with Gasteiger partial charge in [0, 0.05) is 15.4 Å². The Bertz CT molecular complexity index is 785. The molecule has 22 heavy (non-hydrogen) atoms. The van der Waals surface area contributed by atoms with E-state index in [9.17, 15) is 13.2 Å². The fourth-order valence-corrected chi connectivity index (χ4v) is 3.17. The monoisotopic (exact) mass is 429 g/mol. The number of carbonyl (C=O) groups is 1. The third-order valence-corrected chi connectivity index (χ3v) is 5.04. The third-order valence-electron chi connectivity index (χ3n) is 3.24. The molecule has 0 fully saturated rings. The molecular formula is C16H16INO3S. The van der Waals surface area contributed by atoms with Crippen LogP contribution in [0.4, 0.5) is 0 Å². The van der Waals surface area contributed by atoms with Crippen molar-refractivity contribution in [2.45, 2.75) is 17.9 Å². The lowest BCUT2D eigenvalue weighted by Gasteiger charge is -2.15. The van der Waals surface area contributed by atoms with Crippen LogP contribution in [0.15, 0.2) is 53.4 Å². The molecule has 0 bridgehead atoms. The Kier molecular flexibility index (Phi) is 5.23. The number of amides is 1. The van der Waals surface area contributed by atoms with Crippen LogP contribution >= 0.6 is 22.6 Å². The van der Waals surface area contributed by atoms with E-state index in [-0.39, 0.29) is 16.8 Å². The molecule has 2 rings (SSSR count). The van der Waals surface area contributed by atoms with Gasteiger partial charge in [0.2, 0.25) is 0 Å². The fourth-order valence-electron chi connectivity index (χ4n) is 2.00. The highest BCUT2D eigenvalue weighted by atomic mass is 127. The molecule has 0 aliphatic carbocycles. The van der Waals surface area contributed by atoms with E-state index in [4.69, 9.17) is 0 Å². The van der Waals surface area contributed by atoms with Crippen molar-refractivity contribution in [2.75, 3.05) is 6.26 Å². The van der Waals surface area contributed by atoms with E-state index in [2.05, 4.69) is 27.9 Å². The maximum atomic E-state index is 12.2. The molecular weight excluding hydrogens is 413 g/mol. The summed E-state index contributed by atoms with van der Waals surface area (Å²) in [7, 11) is -3.20. The van der Waals surface area contributed by atoms with Gasteiger partial charge in [-0.05, 0) is 65.4 Å². The lowest BCUT2D eigenvalue weighted by molar-refractivity contribution is 0.0940. The molecule has 2 aromatic carbocycles. The molecule has 1 N–H and O–H groups in total. The van der Waals surface area contributed by atoms with Gasteiger partial charge in [0.1, 0.15) is 0 Å². The first kappa shape index (κ1) is 17.0. The molecule has 0 heterocycles. The summed E-state index contributed by atoms with van der Waals surface area (Å²) in [4.78, 5) is 12.5. The Morgan fingerprint density at radius 2 is 1.77 bits per heavy atom. The minimum atomic E-state index is -3.20. The first-order chi connectivity index (χ1) is 10.3. The zero-order chi connectivity index (χ0) is 16.3. The SMILES string of the molecule is CC(NC(=O)c1cccc(I)c1)c1ccc(S(C)(=O)=O)cc1. The molecule has 2 aromatic rings. The summed E-state index contributed by atoms with van der Waals surface area (Å²) in [6.45, 7) is 1.86. The highest BCUT2D eigenvalue weighted by Gasteiger charge is 2.13. The topological polar surface area (TPSA) is 63.2 Å². The van der Waals surface area contributed by atoms with Crippen molar-refractivity contribution >= 4 is 38.3 Å². The Labute approximate surface area is 144 Å². The third kappa shape index (κ3) is 4.30. The molecule has 4 nitrogen and oxygen atoms in total. The number of halogens is 1. The summed E-state index contributed by atoms with van der Waals surface area (Å²) in [6, 6.07) is 13.7. The number of nitrogens with one attached hydrogen (secondary N) is 1.